The van der Waals surface area contributed by atoms with Crippen LogP contribution in [0.5, 0.6) is 0 Å². The van der Waals surface area contributed by atoms with Gasteiger partial charge in [0.05, 0.1) is 36.6 Å². The minimum Gasteiger partial charge on any atom is -0.466 e. The van der Waals surface area contributed by atoms with Crippen LogP contribution in [0.4, 0.5) is 0 Å². The molecule has 9 nitrogen and oxygen atoms in total. The van der Waals surface area contributed by atoms with Gasteiger partial charge in [0.1, 0.15) is 0 Å². The highest BCUT2D eigenvalue weighted by Gasteiger charge is 2.28. The van der Waals surface area contributed by atoms with Crippen LogP contribution in [-0.2, 0) is 25.5 Å². The van der Waals surface area contributed by atoms with Crippen LogP contribution in [0, 0.1) is 5.92 Å². The van der Waals surface area contributed by atoms with Crippen molar-refractivity contribution in [3.63, 3.8) is 0 Å². The number of aromatic nitrogens is 2. The monoisotopic (exact) mass is 400 g/mol. The Morgan fingerprint density at radius 3 is 2.59 bits per heavy atom. The average Bonchev–Trinajstić information content (AvgIpc) is 2.74. The lowest BCUT2D eigenvalue weighted by molar-refractivity contribution is -0.151. The Hall–Kier alpha value is -3.23. The Labute approximate surface area is 167 Å². The zero-order valence-electron chi connectivity index (χ0n) is 16.3. The van der Waals surface area contributed by atoms with E-state index in [0.29, 0.717) is 49.0 Å². The summed E-state index contributed by atoms with van der Waals surface area (Å²) in [7, 11) is 0. The van der Waals surface area contributed by atoms with Crippen LogP contribution in [0.15, 0.2) is 29.1 Å². The number of hydrogen-bond donors (Lipinski definition) is 2. The van der Waals surface area contributed by atoms with Crippen LogP contribution in [0.2, 0.25) is 0 Å². The lowest BCUT2D eigenvalue weighted by Gasteiger charge is -2.30. The van der Waals surface area contributed by atoms with Crippen LogP contribution in [0.3, 0.4) is 0 Å². The highest BCUT2D eigenvalue weighted by Crippen LogP contribution is 2.18. The van der Waals surface area contributed by atoms with E-state index in [9.17, 15) is 19.2 Å². The minimum atomic E-state index is -0.357. The lowest BCUT2D eigenvalue weighted by atomic mass is 9.97. The Bertz CT molecular complexity index is 963. The van der Waals surface area contributed by atoms with E-state index in [1.54, 1.807) is 36.1 Å². The van der Waals surface area contributed by atoms with Gasteiger partial charge >= 0.3 is 5.97 Å². The van der Waals surface area contributed by atoms with Crippen molar-refractivity contribution < 1.29 is 19.1 Å². The predicted octanol–water partition coefficient (Wildman–Crippen LogP) is 0.384. The number of amides is 2. The number of carbonyl (C=O) groups excluding carboxylic acids is 3. The summed E-state index contributed by atoms with van der Waals surface area (Å²) >= 11 is 0. The number of hydrogen-bond acceptors (Lipinski definition) is 6. The number of rotatable bonds is 6. The third kappa shape index (κ3) is 4.98. The summed E-state index contributed by atoms with van der Waals surface area (Å²) in [6.45, 7) is 2.92. The SMILES string of the molecule is CCOC(=O)C1CCN(C(=O)CNC(=O)Cc2n[nH]c(=O)c3ccccc23)CC1. The van der Waals surface area contributed by atoms with Crippen LogP contribution in [0.1, 0.15) is 25.5 Å². The summed E-state index contributed by atoms with van der Waals surface area (Å²) in [5.74, 6) is -0.939. The fourth-order valence-corrected chi connectivity index (χ4v) is 3.43. The van der Waals surface area contributed by atoms with E-state index in [2.05, 4.69) is 15.5 Å². The maximum atomic E-state index is 12.3. The molecular weight excluding hydrogens is 376 g/mol. The first-order valence-electron chi connectivity index (χ1n) is 9.67. The molecule has 9 heteroatoms. The van der Waals surface area contributed by atoms with Gasteiger partial charge in [-0.1, -0.05) is 18.2 Å². The Kier molecular flexibility index (Phi) is 6.58. The second kappa shape index (κ2) is 9.31. The first kappa shape index (κ1) is 20.5. The smallest absolute Gasteiger partial charge is 0.309 e. The van der Waals surface area contributed by atoms with Crippen molar-refractivity contribution in [3.05, 3.63) is 40.3 Å². The number of esters is 1. The van der Waals surface area contributed by atoms with E-state index >= 15 is 0 Å². The molecule has 2 aromatic rings. The molecule has 2 N–H and O–H groups in total. The average molecular weight is 400 g/mol. The Morgan fingerprint density at radius 1 is 1.21 bits per heavy atom. The molecule has 1 fully saturated rings. The van der Waals surface area contributed by atoms with E-state index in [-0.39, 0.29) is 42.2 Å². The number of nitrogens with zero attached hydrogens (tertiary/aromatic N) is 2. The Balaban J connectivity index is 1.50. The van der Waals surface area contributed by atoms with Crippen molar-refractivity contribution >= 4 is 28.6 Å². The molecule has 3 rings (SSSR count). The molecule has 0 atom stereocenters. The zero-order valence-corrected chi connectivity index (χ0v) is 16.3. The van der Waals surface area contributed by atoms with Crippen LogP contribution >= 0.6 is 0 Å². The fraction of sp³-hybridized carbons (Fsp3) is 0.450. The molecule has 1 aliphatic heterocycles. The van der Waals surface area contributed by atoms with Gasteiger partial charge in [-0.05, 0) is 25.8 Å². The van der Waals surface area contributed by atoms with E-state index in [4.69, 9.17) is 4.74 Å². The number of likely N-dealkylation sites (tertiary alicyclic amines) is 1. The van der Waals surface area contributed by atoms with Gasteiger partial charge in [-0.15, -0.1) is 0 Å². The van der Waals surface area contributed by atoms with Crippen molar-refractivity contribution in [2.75, 3.05) is 26.2 Å². The lowest BCUT2D eigenvalue weighted by Crippen LogP contribution is -2.45. The normalized spacial score (nSPS) is 14.6. The Morgan fingerprint density at radius 2 is 1.90 bits per heavy atom. The molecule has 2 heterocycles. The summed E-state index contributed by atoms with van der Waals surface area (Å²) in [6, 6.07) is 6.92. The van der Waals surface area contributed by atoms with E-state index < -0.39 is 0 Å². The number of ether oxygens (including phenoxy) is 1. The van der Waals surface area contributed by atoms with E-state index in [1.807, 2.05) is 0 Å². The largest absolute Gasteiger partial charge is 0.466 e. The van der Waals surface area contributed by atoms with Crippen molar-refractivity contribution in [2.24, 2.45) is 5.92 Å². The molecular formula is C20H24N4O5. The molecule has 2 amide bonds. The van der Waals surface area contributed by atoms with E-state index in [1.165, 1.54) is 0 Å². The minimum absolute atomic E-state index is 0.0461. The molecule has 0 aliphatic carbocycles. The summed E-state index contributed by atoms with van der Waals surface area (Å²) in [4.78, 5) is 49.8. The van der Waals surface area contributed by atoms with Crippen LogP contribution in [-0.4, -0.2) is 59.1 Å². The highest BCUT2D eigenvalue weighted by molar-refractivity contribution is 5.90. The molecule has 0 saturated carbocycles. The van der Waals surface area contributed by atoms with Crippen molar-refractivity contribution in [1.29, 1.82) is 0 Å². The number of nitrogens with one attached hydrogen (secondary N) is 2. The van der Waals surface area contributed by atoms with Crippen molar-refractivity contribution in [2.45, 2.75) is 26.2 Å². The van der Waals surface area contributed by atoms with Gasteiger partial charge in [-0.25, -0.2) is 5.10 Å². The molecule has 1 aromatic carbocycles. The second-order valence-electron chi connectivity index (χ2n) is 6.91. The molecule has 0 radical (unpaired) electrons. The van der Waals surface area contributed by atoms with Gasteiger partial charge in [0.15, 0.2) is 0 Å². The molecule has 0 unspecified atom stereocenters. The first-order chi connectivity index (χ1) is 14.0. The number of carbonyl (C=O) groups is 3. The van der Waals surface area contributed by atoms with Gasteiger partial charge in [0, 0.05) is 18.5 Å². The van der Waals surface area contributed by atoms with Gasteiger partial charge in [-0.3, -0.25) is 19.2 Å². The maximum absolute atomic E-state index is 12.3. The summed E-state index contributed by atoms with van der Waals surface area (Å²) in [6.07, 6.45) is 1.08. The van der Waals surface area contributed by atoms with E-state index in [0.717, 1.165) is 0 Å². The topological polar surface area (TPSA) is 121 Å². The molecule has 1 saturated heterocycles. The molecule has 29 heavy (non-hydrogen) atoms. The third-order valence-electron chi connectivity index (χ3n) is 5.01. The summed E-state index contributed by atoms with van der Waals surface area (Å²) in [5.41, 5.74) is 0.131. The van der Waals surface area contributed by atoms with Crippen LogP contribution in [0.25, 0.3) is 10.8 Å². The molecule has 0 bridgehead atoms. The molecule has 0 spiro atoms. The van der Waals surface area contributed by atoms with Crippen LogP contribution < -0.4 is 10.9 Å². The summed E-state index contributed by atoms with van der Waals surface area (Å²) < 4.78 is 5.02. The number of fused-ring (bicyclic) bond motifs is 1. The van der Waals surface area contributed by atoms with Gasteiger partial charge < -0.3 is 15.0 Å². The number of H-pyrrole nitrogens is 1. The quantitative estimate of drug-likeness (QED) is 0.677. The standard InChI is InChI=1S/C20H24N4O5/c1-2-29-20(28)13-7-9-24(10-8-13)18(26)12-21-17(25)11-16-14-5-3-4-6-15(14)19(27)23-22-16/h3-6,13H,2,7-12H2,1H3,(H,21,25)(H,23,27). The fourth-order valence-electron chi connectivity index (χ4n) is 3.43. The number of piperidine rings is 1. The first-order valence-corrected chi connectivity index (χ1v) is 9.67. The zero-order chi connectivity index (χ0) is 20.8. The maximum Gasteiger partial charge on any atom is 0.309 e. The predicted molar refractivity (Wildman–Crippen MR) is 105 cm³/mol. The highest BCUT2D eigenvalue weighted by atomic mass is 16.5. The number of aromatic amines is 1. The molecule has 154 valence electrons. The third-order valence-corrected chi connectivity index (χ3v) is 5.01. The summed E-state index contributed by atoms with van der Waals surface area (Å²) in [5, 5.41) is 10.0. The van der Waals surface area contributed by atoms with Crippen molar-refractivity contribution in [3.8, 4) is 0 Å². The van der Waals surface area contributed by atoms with Gasteiger partial charge in [0.25, 0.3) is 5.56 Å². The van der Waals surface area contributed by atoms with Gasteiger partial charge in [0.2, 0.25) is 11.8 Å². The number of benzene rings is 1. The molecule has 1 aromatic heterocycles. The second-order valence-corrected chi connectivity index (χ2v) is 6.91. The van der Waals surface area contributed by atoms with Crippen molar-refractivity contribution in [1.82, 2.24) is 20.4 Å². The van der Waals surface area contributed by atoms with Gasteiger partial charge in [-0.2, -0.15) is 5.10 Å². The molecule has 1 aliphatic rings.